The van der Waals surface area contributed by atoms with Crippen LogP contribution >= 0.6 is 0 Å². The number of hydrogen-bond donors (Lipinski definition) is 1. The van der Waals surface area contributed by atoms with Crippen LogP contribution in [0.25, 0.3) is 0 Å². The molecule has 0 aromatic carbocycles. The second-order valence-corrected chi connectivity index (χ2v) is 6.80. The molecule has 0 radical (unpaired) electrons. The van der Waals surface area contributed by atoms with Gasteiger partial charge in [-0.3, -0.25) is 4.21 Å². The fourth-order valence-corrected chi connectivity index (χ4v) is 2.77. The summed E-state index contributed by atoms with van der Waals surface area (Å²) < 4.78 is 11.0. The van der Waals surface area contributed by atoms with E-state index in [2.05, 4.69) is 26.1 Å². The van der Waals surface area contributed by atoms with Gasteiger partial charge in [0, 0.05) is 34.9 Å². The minimum atomic E-state index is -0.647. The van der Waals surface area contributed by atoms with E-state index in [1.54, 1.807) is 6.26 Å². The molecule has 1 N–H and O–H groups in total. The highest BCUT2D eigenvalue weighted by Gasteiger charge is 2.33. The molecule has 3 unspecified atom stereocenters. The van der Waals surface area contributed by atoms with Crippen molar-refractivity contribution in [1.82, 2.24) is 5.32 Å². The van der Waals surface area contributed by atoms with E-state index < -0.39 is 10.8 Å². The van der Waals surface area contributed by atoms with E-state index >= 15 is 0 Å². The Morgan fingerprint density at radius 1 is 1.33 bits per heavy atom. The van der Waals surface area contributed by atoms with Gasteiger partial charge in [0.2, 0.25) is 0 Å². The number of nitrogens with one attached hydrogen (secondary N) is 1. The standard InChI is InChI=1S/C12H25NOS/c1-9(2)12(11-5-6-11)13-10(3)7-8-15(4)14/h9-13H,5-8H2,1-4H3. The van der Waals surface area contributed by atoms with E-state index in [-0.39, 0.29) is 0 Å². The molecule has 0 aromatic heterocycles. The second-order valence-electron chi connectivity index (χ2n) is 5.24. The van der Waals surface area contributed by atoms with Crippen molar-refractivity contribution in [2.24, 2.45) is 11.8 Å². The Kier molecular flexibility index (Phi) is 5.27. The zero-order valence-corrected chi connectivity index (χ0v) is 11.3. The number of hydrogen-bond acceptors (Lipinski definition) is 2. The van der Waals surface area contributed by atoms with Crippen LogP contribution in [0.1, 0.15) is 40.0 Å². The van der Waals surface area contributed by atoms with Crippen molar-refractivity contribution in [1.29, 1.82) is 0 Å². The molecule has 1 aliphatic rings. The maximum Gasteiger partial charge on any atom is 0.0246 e. The first kappa shape index (κ1) is 13.2. The highest BCUT2D eigenvalue weighted by Crippen LogP contribution is 2.35. The van der Waals surface area contributed by atoms with E-state index in [4.69, 9.17) is 0 Å². The van der Waals surface area contributed by atoms with Crippen LogP contribution < -0.4 is 5.32 Å². The van der Waals surface area contributed by atoms with Gasteiger partial charge in [-0.15, -0.1) is 0 Å². The fourth-order valence-electron chi connectivity index (χ4n) is 2.08. The largest absolute Gasteiger partial charge is 0.311 e. The molecule has 0 spiro atoms. The first-order chi connectivity index (χ1) is 7.00. The third-order valence-corrected chi connectivity index (χ3v) is 3.97. The lowest BCUT2D eigenvalue weighted by Crippen LogP contribution is -2.42. The van der Waals surface area contributed by atoms with Crippen molar-refractivity contribution < 1.29 is 4.21 Å². The Labute approximate surface area is 96.7 Å². The lowest BCUT2D eigenvalue weighted by molar-refractivity contribution is 0.325. The van der Waals surface area contributed by atoms with Gasteiger partial charge in [0.1, 0.15) is 0 Å². The molecule has 2 nitrogen and oxygen atoms in total. The van der Waals surface area contributed by atoms with Crippen molar-refractivity contribution in [2.45, 2.75) is 52.1 Å². The average Bonchev–Trinajstić information content (AvgIpc) is 2.93. The summed E-state index contributed by atoms with van der Waals surface area (Å²) in [7, 11) is -0.647. The molecule has 3 heteroatoms. The summed E-state index contributed by atoms with van der Waals surface area (Å²) in [6.07, 6.45) is 5.59. The van der Waals surface area contributed by atoms with Crippen LogP contribution in [-0.4, -0.2) is 28.3 Å². The topological polar surface area (TPSA) is 29.1 Å². The predicted octanol–water partition coefficient (Wildman–Crippen LogP) is 2.17. The van der Waals surface area contributed by atoms with E-state index in [9.17, 15) is 4.21 Å². The van der Waals surface area contributed by atoms with E-state index in [1.165, 1.54) is 12.8 Å². The zero-order chi connectivity index (χ0) is 11.4. The van der Waals surface area contributed by atoms with Crippen molar-refractivity contribution in [3.05, 3.63) is 0 Å². The molecule has 0 aromatic rings. The monoisotopic (exact) mass is 231 g/mol. The predicted molar refractivity (Wildman–Crippen MR) is 67.5 cm³/mol. The maximum atomic E-state index is 11.0. The van der Waals surface area contributed by atoms with Gasteiger partial charge in [-0.1, -0.05) is 13.8 Å². The van der Waals surface area contributed by atoms with Crippen molar-refractivity contribution in [3.8, 4) is 0 Å². The molecule has 3 atom stereocenters. The summed E-state index contributed by atoms with van der Waals surface area (Å²) in [5.74, 6) is 2.44. The van der Waals surface area contributed by atoms with Gasteiger partial charge in [0.15, 0.2) is 0 Å². The molecule has 1 saturated carbocycles. The summed E-state index contributed by atoms with van der Waals surface area (Å²) in [5.41, 5.74) is 0. The van der Waals surface area contributed by atoms with Crippen LogP contribution in [0.5, 0.6) is 0 Å². The van der Waals surface area contributed by atoms with E-state index in [0.29, 0.717) is 18.0 Å². The van der Waals surface area contributed by atoms with Gasteiger partial charge >= 0.3 is 0 Å². The Balaban J connectivity index is 2.27. The van der Waals surface area contributed by atoms with Crippen LogP contribution in [0.3, 0.4) is 0 Å². The average molecular weight is 231 g/mol. The summed E-state index contributed by atoms with van der Waals surface area (Å²) >= 11 is 0. The Morgan fingerprint density at radius 2 is 1.93 bits per heavy atom. The SMILES string of the molecule is CC(CCS(C)=O)NC(C(C)C)C1CC1. The van der Waals surface area contributed by atoms with Crippen LogP contribution in [0, 0.1) is 11.8 Å². The molecule has 15 heavy (non-hydrogen) atoms. The normalized spacial score (nSPS) is 22.7. The fraction of sp³-hybridized carbons (Fsp3) is 1.00. The molecular weight excluding hydrogens is 206 g/mol. The molecule has 90 valence electrons. The van der Waals surface area contributed by atoms with Gasteiger partial charge in [0.25, 0.3) is 0 Å². The molecule has 1 rings (SSSR count). The smallest absolute Gasteiger partial charge is 0.0246 e. The van der Waals surface area contributed by atoms with Crippen molar-refractivity contribution >= 4 is 10.8 Å². The van der Waals surface area contributed by atoms with Crippen molar-refractivity contribution in [3.63, 3.8) is 0 Å². The van der Waals surface area contributed by atoms with Crippen LogP contribution in [0.4, 0.5) is 0 Å². The Hall–Kier alpha value is 0.110. The minimum absolute atomic E-state index is 0.502. The second kappa shape index (κ2) is 6.00. The highest BCUT2D eigenvalue weighted by atomic mass is 32.2. The van der Waals surface area contributed by atoms with Gasteiger partial charge < -0.3 is 5.32 Å². The van der Waals surface area contributed by atoms with Gasteiger partial charge in [-0.05, 0) is 38.0 Å². The first-order valence-corrected chi connectivity index (χ1v) is 7.79. The Morgan fingerprint density at radius 3 is 2.33 bits per heavy atom. The van der Waals surface area contributed by atoms with Gasteiger partial charge in [-0.25, -0.2) is 0 Å². The Bertz CT molecular complexity index is 212. The molecule has 0 heterocycles. The number of rotatable bonds is 7. The molecule has 0 bridgehead atoms. The molecule has 1 aliphatic carbocycles. The van der Waals surface area contributed by atoms with Crippen molar-refractivity contribution in [2.75, 3.05) is 12.0 Å². The maximum absolute atomic E-state index is 11.0. The molecular formula is C12H25NOS. The first-order valence-electron chi connectivity index (χ1n) is 6.06. The lowest BCUT2D eigenvalue weighted by Gasteiger charge is -2.26. The molecule has 1 fully saturated rings. The lowest BCUT2D eigenvalue weighted by atomic mass is 9.98. The summed E-state index contributed by atoms with van der Waals surface area (Å²) in [4.78, 5) is 0. The highest BCUT2D eigenvalue weighted by molar-refractivity contribution is 7.84. The molecule has 0 saturated heterocycles. The third kappa shape index (κ3) is 5.12. The molecule has 0 amide bonds. The summed E-state index contributed by atoms with van der Waals surface area (Å²) in [6.45, 7) is 6.80. The van der Waals surface area contributed by atoms with E-state index in [1.807, 2.05) is 0 Å². The summed E-state index contributed by atoms with van der Waals surface area (Å²) in [6, 6.07) is 1.17. The van der Waals surface area contributed by atoms with Gasteiger partial charge in [0.05, 0.1) is 0 Å². The van der Waals surface area contributed by atoms with Crippen LogP contribution in [-0.2, 0) is 10.8 Å². The van der Waals surface area contributed by atoms with E-state index in [0.717, 1.165) is 18.1 Å². The summed E-state index contributed by atoms with van der Waals surface area (Å²) in [5, 5.41) is 3.70. The third-order valence-electron chi connectivity index (χ3n) is 3.16. The van der Waals surface area contributed by atoms with Crippen LogP contribution in [0.2, 0.25) is 0 Å². The zero-order valence-electron chi connectivity index (χ0n) is 10.5. The quantitative estimate of drug-likeness (QED) is 0.727. The van der Waals surface area contributed by atoms with Crippen LogP contribution in [0.15, 0.2) is 0 Å². The minimum Gasteiger partial charge on any atom is -0.311 e. The van der Waals surface area contributed by atoms with Gasteiger partial charge in [-0.2, -0.15) is 0 Å². The molecule has 0 aliphatic heterocycles.